The first-order valence-electron chi connectivity index (χ1n) is 10.7. The molecular weight excluding hydrogens is 477 g/mol. The lowest BCUT2D eigenvalue weighted by atomic mass is 9.87. The van der Waals surface area contributed by atoms with E-state index in [0.29, 0.717) is 17.1 Å². The minimum Gasteiger partial charge on any atom is -0.445 e. The van der Waals surface area contributed by atoms with Gasteiger partial charge in [-0.1, -0.05) is 38.4 Å². The zero-order valence-corrected chi connectivity index (χ0v) is 20.3. The molecule has 1 heterocycles. The van der Waals surface area contributed by atoms with Crippen LogP contribution in [0.25, 0.3) is 0 Å². The maximum absolute atomic E-state index is 13.3. The van der Waals surface area contributed by atoms with Gasteiger partial charge in [-0.25, -0.2) is 4.79 Å². The first kappa shape index (κ1) is 27.9. The fourth-order valence-corrected chi connectivity index (χ4v) is 3.78. The minimum absolute atomic E-state index is 0.0782. The van der Waals surface area contributed by atoms with E-state index in [4.69, 9.17) is 17.3 Å². The van der Waals surface area contributed by atoms with Gasteiger partial charge >= 0.3 is 12.1 Å². The number of likely N-dealkylation sites (N-methyl/N-ethyl adjacent to an activating group) is 1. The van der Waals surface area contributed by atoms with Crippen molar-refractivity contribution in [2.24, 2.45) is 11.1 Å². The molecule has 0 aromatic heterocycles. The van der Waals surface area contributed by atoms with Crippen molar-refractivity contribution in [3.8, 4) is 0 Å². The van der Waals surface area contributed by atoms with E-state index < -0.39 is 41.5 Å². The predicted octanol–water partition coefficient (Wildman–Crippen LogP) is 2.08. The molecular formula is C22H30ClF3N4O4. The van der Waals surface area contributed by atoms with Gasteiger partial charge in [-0.3, -0.25) is 9.59 Å². The Morgan fingerprint density at radius 3 is 2.41 bits per heavy atom. The fourth-order valence-electron chi connectivity index (χ4n) is 3.59. The molecule has 3 N–H and O–H groups in total. The molecule has 0 spiro atoms. The largest absolute Gasteiger partial charge is 0.490 e. The number of nitrogens with zero attached hydrogens (tertiary/aromatic N) is 2. The van der Waals surface area contributed by atoms with Gasteiger partial charge in [0.1, 0.15) is 6.04 Å². The van der Waals surface area contributed by atoms with Gasteiger partial charge in [0, 0.05) is 43.2 Å². The van der Waals surface area contributed by atoms with E-state index in [2.05, 4.69) is 10.1 Å². The van der Waals surface area contributed by atoms with Crippen molar-refractivity contribution in [3.05, 3.63) is 34.3 Å². The molecule has 34 heavy (non-hydrogen) atoms. The maximum atomic E-state index is 13.3. The van der Waals surface area contributed by atoms with Gasteiger partial charge in [-0.15, -0.1) is 0 Å². The van der Waals surface area contributed by atoms with Crippen LogP contribution in [0.5, 0.6) is 0 Å². The molecule has 2 rings (SSSR count). The summed E-state index contributed by atoms with van der Waals surface area (Å²) in [7, 11) is 1.76. The molecule has 0 aliphatic carbocycles. The van der Waals surface area contributed by atoms with Crippen molar-refractivity contribution in [2.75, 3.05) is 26.7 Å². The van der Waals surface area contributed by atoms with Gasteiger partial charge in [0.15, 0.2) is 6.10 Å². The van der Waals surface area contributed by atoms with E-state index in [1.807, 2.05) is 4.90 Å². The monoisotopic (exact) mass is 506 g/mol. The van der Waals surface area contributed by atoms with Gasteiger partial charge in [0.2, 0.25) is 5.91 Å². The van der Waals surface area contributed by atoms with Crippen LogP contribution in [0.2, 0.25) is 5.02 Å². The summed E-state index contributed by atoms with van der Waals surface area (Å²) < 4.78 is 43.1. The summed E-state index contributed by atoms with van der Waals surface area (Å²) in [5, 5.41) is 3.23. The number of esters is 1. The summed E-state index contributed by atoms with van der Waals surface area (Å²) in [6.45, 7) is 5.41. The summed E-state index contributed by atoms with van der Waals surface area (Å²) in [5.74, 6) is -3.81. The Morgan fingerprint density at radius 2 is 1.85 bits per heavy atom. The van der Waals surface area contributed by atoms with E-state index in [1.165, 1.54) is 25.7 Å². The quantitative estimate of drug-likeness (QED) is 0.572. The molecule has 2 atom stereocenters. The Bertz CT molecular complexity index is 920. The van der Waals surface area contributed by atoms with E-state index in [9.17, 15) is 27.6 Å². The highest BCUT2D eigenvalue weighted by Crippen LogP contribution is 2.29. The average Bonchev–Trinajstić information content (AvgIpc) is 2.73. The lowest BCUT2D eigenvalue weighted by Gasteiger charge is -2.42. The summed E-state index contributed by atoms with van der Waals surface area (Å²) >= 11 is 6.04. The number of benzene rings is 1. The Balaban J connectivity index is 2.24. The second-order valence-electron chi connectivity index (χ2n) is 9.29. The van der Waals surface area contributed by atoms with E-state index in [0.717, 1.165) is 5.56 Å². The van der Waals surface area contributed by atoms with Crippen molar-refractivity contribution in [1.82, 2.24) is 15.1 Å². The SMILES string of the molecule is CN1CCN(C(=O)[C@H](OC(=O)C(F)(F)F)C(C)(C)C)[C@H](C(=O)NCc2cc(Cl)ccc2CN)C1. The Labute approximate surface area is 201 Å². The van der Waals surface area contributed by atoms with Gasteiger partial charge in [-0.05, 0) is 30.3 Å². The number of ether oxygens (including phenoxy) is 1. The van der Waals surface area contributed by atoms with Crippen LogP contribution in [0.1, 0.15) is 31.9 Å². The predicted molar refractivity (Wildman–Crippen MR) is 120 cm³/mol. The Hall–Kier alpha value is -2.37. The first-order chi connectivity index (χ1) is 15.6. The molecule has 12 heteroatoms. The Morgan fingerprint density at radius 1 is 1.21 bits per heavy atom. The van der Waals surface area contributed by atoms with Crippen LogP contribution in [0.3, 0.4) is 0 Å². The number of nitrogens with two attached hydrogens (primary N) is 1. The summed E-state index contributed by atoms with van der Waals surface area (Å²) in [6.07, 6.45) is -6.97. The zero-order chi connectivity index (χ0) is 25.8. The van der Waals surface area contributed by atoms with E-state index in [-0.39, 0.29) is 26.2 Å². The number of halogens is 4. The van der Waals surface area contributed by atoms with Crippen LogP contribution < -0.4 is 11.1 Å². The third kappa shape index (κ3) is 7.07. The van der Waals surface area contributed by atoms with Crippen LogP contribution in [-0.2, 0) is 32.2 Å². The van der Waals surface area contributed by atoms with Crippen molar-refractivity contribution < 1.29 is 32.3 Å². The molecule has 0 bridgehead atoms. The van der Waals surface area contributed by atoms with Crippen LogP contribution in [0.4, 0.5) is 13.2 Å². The Kier molecular flexibility index (Phi) is 8.95. The van der Waals surface area contributed by atoms with Crippen molar-refractivity contribution >= 4 is 29.4 Å². The lowest BCUT2D eigenvalue weighted by molar-refractivity contribution is -0.211. The molecule has 8 nitrogen and oxygen atoms in total. The highest BCUT2D eigenvalue weighted by molar-refractivity contribution is 6.30. The number of carbonyl (C=O) groups is 3. The van der Waals surface area contributed by atoms with Crippen LogP contribution >= 0.6 is 11.6 Å². The normalized spacial score (nSPS) is 18.4. The second-order valence-corrected chi connectivity index (χ2v) is 9.73. The standard InChI is InChI=1S/C22H30ClF3N4O4/c1-21(2,3)17(34-20(33)22(24,25)26)19(32)30-8-7-29(4)12-16(30)18(31)28-11-14-9-15(23)6-5-13(14)10-27/h5-6,9,16-17H,7-8,10-12,27H2,1-4H3,(H,28,31)/t16-,17-/m0/s1. The number of hydrogen-bond acceptors (Lipinski definition) is 6. The first-order valence-corrected chi connectivity index (χ1v) is 11.0. The van der Waals surface area contributed by atoms with E-state index in [1.54, 1.807) is 25.2 Å². The molecule has 1 aliphatic heterocycles. The topological polar surface area (TPSA) is 105 Å². The van der Waals surface area contributed by atoms with Crippen LogP contribution in [0.15, 0.2) is 18.2 Å². The molecule has 0 unspecified atom stereocenters. The molecule has 2 amide bonds. The van der Waals surface area contributed by atoms with Gasteiger partial charge in [-0.2, -0.15) is 13.2 Å². The number of nitrogens with one attached hydrogen (secondary N) is 1. The maximum Gasteiger partial charge on any atom is 0.490 e. The molecule has 1 aromatic carbocycles. The third-order valence-electron chi connectivity index (χ3n) is 5.48. The summed E-state index contributed by atoms with van der Waals surface area (Å²) in [5.41, 5.74) is 6.09. The van der Waals surface area contributed by atoms with Crippen molar-refractivity contribution in [3.63, 3.8) is 0 Å². The van der Waals surface area contributed by atoms with Crippen LogP contribution in [-0.4, -0.2) is 72.6 Å². The summed E-state index contributed by atoms with van der Waals surface area (Å²) in [6, 6.07) is 4.10. The number of amides is 2. The highest BCUT2D eigenvalue weighted by Gasteiger charge is 2.48. The summed E-state index contributed by atoms with van der Waals surface area (Å²) in [4.78, 5) is 40.9. The van der Waals surface area contributed by atoms with Crippen molar-refractivity contribution in [1.29, 1.82) is 0 Å². The van der Waals surface area contributed by atoms with Crippen molar-refractivity contribution in [2.45, 2.75) is 52.2 Å². The second kappa shape index (κ2) is 10.9. The molecule has 190 valence electrons. The smallest absolute Gasteiger partial charge is 0.445 e. The number of rotatable bonds is 6. The number of carbonyl (C=O) groups excluding carboxylic acids is 3. The van der Waals surface area contributed by atoms with Crippen LogP contribution in [0, 0.1) is 5.41 Å². The lowest BCUT2D eigenvalue weighted by Crippen LogP contribution is -2.63. The van der Waals surface area contributed by atoms with E-state index >= 15 is 0 Å². The van der Waals surface area contributed by atoms with Gasteiger partial charge in [0.25, 0.3) is 5.91 Å². The molecule has 1 aliphatic rings. The van der Waals surface area contributed by atoms with Gasteiger partial charge in [0.05, 0.1) is 0 Å². The number of hydrogen-bond donors (Lipinski definition) is 2. The number of piperazine rings is 1. The molecule has 1 fully saturated rings. The molecule has 1 saturated heterocycles. The van der Waals surface area contributed by atoms with Gasteiger partial charge < -0.3 is 25.6 Å². The zero-order valence-electron chi connectivity index (χ0n) is 19.5. The molecule has 0 saturated carbocycles. The average molecular weight is 507 g/mol. The molecule has 1 aromatic rings. The third-order valence-corrected chi connectivity index (χ3v) is 5.71. The minimum atomic E-state index is -5.25. The number of alkyl halides is 3. The fraction of sp³-hybridized carbons (Fsp3) is 0.591. The highest BCUT2D eigenvalue weighted by atomic mass is 35.5. The molecule has 0 radical (unpaired) electrons.